The maximum absolute atomic E-state index is 4.64. The Bertz CT molecular complexity index is 739. The van der Waals surface area contributed by atoms with Crippen LogP contribution in [0.15, 0.2) is 70.6 Å². The van der Waals surface area contributed by atoms with Gasteiger partial charge in [-0.1, -0.05) is 129 Å². The van der Waals surface area contributed by atoms with Crippen LogP contribution in [0.1, 0.15) is 81.8 Å². The fourth-order valence-corrected chi connectivity index (χ4v) is 4.51. The van der Waals surface area contributed by atoms with Crippen LogP contribution >= 0.6 is 0 Å². The van der Waals surface area contributed by atoms with Crippen LogP contribution in [0.4, 0.5) is 0 Å². The highest BCUT2D eigenvalue weighted by Gasteiger charge is 2.36. The summed E-state index contributed by atoms with van der Waals surface area (Å²) in [6, 6.07) is 21.8. The maximum atomic E-state index is 4.64. The largest absolute Gasteiger partial charge is 0.244 e. The summed E-state index contributed by atoms with van der Waals surface area (Å²) in [5, 5.41) is 0. The normalized spacial score (nSPS) is 14.9. The first-order valence-electron chi connectivity index (χ1n) is 11.9. The third-order valence-corrected chi connectivity index (χ3v) is 6.19. The lowest BCUT2D eigenvalue weighted by atomic mass is 9.77. The SMILES string of the molecule is CCCCCCCCCCC([C+]1N=CC=N1)C(Cc1ccccc1)c1ccccc1. The molecule has 2 unspecified atom stereocenters. The quantitative estimate of drug-likeness (QED) is 0.228. The highest BCUT2D eigenvalue weighted by Crippen LogP contribution is 2.40. The van der Waals surface area contributed by atoms with Gasteiger partial charge in [-0.2, -0.15) is 0 Å². The number of hydrogen-bond donors (Lipinski definition) is 0. The van der Waals surface area contributed by atoms with Gasteiger partial charge in [0, 0.05) is 5.92 Å². The molecule has 0 amide bonds. The molecule has 0 saturated heterocycles. The van der Waals surface area contributed by atoms with Crippen molar-refractivity contribution in [2.75, 3.05) is 0 Å². The summed E-state index contributed by atoms with van der Waals surface area (Å²) in [7, 11) is 0. The molecule has 0 spiro atoms. The van der Waals surface area contributed by atoms with E-state index in [1.165, 1.54) is 62.5 Å². The summed E-state index contributed by atoms with van der Waals surface area (Å²) < 4.78 is 0. The van der Waals surface area contributed by atoms with E-state index in [-0.39, 0.29) is 0 Å². The fourth-order valence-electron chi connectivity index (χ4n) is 4.51. The third kappa shape index (κ3) is 7.16. The molecule has 3 rings (SSSR count). The second-order valence-electron chi connectivity index (χ2n) is 8.49. The molecule has 0 aromatic heterocycles. The van der Waals surface area contributed by atoms with Gasteiger partial charge in [0.25, 0.3) is 0 Å². The summed E-state index contributed by atoms with van der Waals surface area (Å²) in [6.45, 7) is 2.28. The van der Waals surface area contributed by atoms with Crippen LogP contribution < -0.4 is 0 Å². The Morgan fingerprint density at radius 3 is 1.90 bits per heavy atom. The number of hydrogen-bond acceptors (Lipinski definition) is 2. The molecule has 0 N–H and O–H groups in total. The Labute approximate surface area is 183 Å². The lowest BCUT2D eigenvalue weighted by Gasteiger charge is -2.26. The van der Waals surface area contributed by atoms with Crippen molar-refractivity contribution >= 4 is 12.4 Å². The maximum Gasteiger partial charge on any atom is 0.244 e. The van der Waals surface area contributed by atoms with Crippen molar-refractivity contribution in [1.29, 1.82) is 0 Å². The molecule has 158 valence electrons. The molecule has 2 aromatic rings. The standard InChI is InChI=1S/C28H37N2/c1-2-3-4-5-6-7-8-15-20-26(28-29-21-22-30-28)27(25-18-13-10-14-19-25)23-24-16-11-9-12-17-24/h9-14,16-19,21-22,26-27H,2-8,15,20,23H2,1H3/q+1. The summed E-state index contributed by atoms with van der Waals surface area (Å²) in [6.07, 6.45) is 17.7. The number of nitrogens with zero attached hydrogens (tertiary/aromatic N) is 2. The molecule has 0 bridgehead atoms. The van der Waals surface area contributed by atoms with Crippen LogP contribution in [0.25, 0.3) is 0 Å². The molecular formula is C28H37N2+. The van der Waals surface area contributed by atoms with Crippen molar-refractivity contribution in [3.8, 4) is 0 Å². The van der Waals surface area contributed by atoms with E-state index in [1.807, 2.05) is 12.4 Å². The average molecular weight is 402 g/mol. The van der Waals surface area contributed by atoms with Crippen molar-refractivity contribution < 1.29 is 0 Å². The minimum Gasteiger partial charge on any atom is -0.0965 e. The van der Waals surface area contributed by atoms with Crippen LogP contribution in [0.3, 0.4) is 0 Å². The first-order chi connectivity index (χ1) is 14.9. The van der Waals surface area contributed by atoms with Crippen molar-refractivity contribution in [3.63, 3.8) is 0 Å². The molecule has 0 saturated carbocycles. The third-order valence-electron chi connectivity index (χ3n) is 6.19. The van der Waals surface area contributed by atoms with Crippen LogP contribution in [0, 0.1) is 12.1 Å². The van der Waals surface area contributed by atoms with Crippen molar-refractivity contribution in [2.24, 2.45) is 15.9 Å². The average Bonchev–Trinajstić information content (AvgIpc) is 3.33. The van der Waals surface area contributed by atoms with Gasteiger partial charge in [-0.05, 0) is 24.0 Å². The topological polar surface area (TPSA) is 24.7 Å². The lowest BCUT2D eigenvalue weighted by Crippen LogP contribution is -2.20. The number of rotatable bonds is 14. The zero-order valence-corrected chi connectivity index (χ0v) is 18.5. The summed E-state index contributed by atoms with van der Waals surface area (Å²) in [4.78, 5) is 9.28. The van der Waals surface area contributed by atoms with E-state index >= 15 is 0 Å². The highest BCUT2D eigenvalue weighted by molar-refractivity contribution is 6.18. The summed E-state index contributed by atoms with van der Waals surface area (Å²) >= 11 is 0. The molecule has 0 aliphatic carbocycles. The van der Waals surface area contributed by atoms with Gasteiger partial charge in [-0.25, -0.2) is 0 Å². The van der Waals surface area contributed by atoms with Crippen LogP contribution in [0.2, 0.25) is 0 Å². The van der Waals surface area contributed by atoms with Crippen LogP contribution in [0.5, 0.6) is 0 Å². The monoisotopic (exact) mass is 401 g/mol. The molecule has 2 nitrogen and oxygen atoms in total. The zero-order chi connectivity index (χ0) is 20.9. The molecule has 2 heteroatoms. The first kappa shape index (κ1) is 22.3. The molecule has 1 heterocycles. The number of benzene rings is 2. The van der Waals surface area contributed by atoms with Gasteiger partial charge >= 0.3 is 0 Å². The van der Waals surface area contributed by atoms with Gasteiger partial charge in [-0.3, -0.25) is 0 Å². The fraction of sp³-hybridized carbons (Fsp3) is 0.464. The Morgan fingerprint density at radius 1 is 0.700 bits per heavy atom. The van der Waals surface area contributed by atoms with E-state index < -0.39 is 0 Å². The summed E-state index contributed by atoms with van der Waals surface area (Å²) in [5.74, 6) is 0.767. The Hall–Kier alpha value is -2.35. The molecule has 0 radical (unpaired) electrons. The van der Waals surface area contributed by atoms with Gasteiger partial charge in [0.05, 0.1) is 5.92 Å². The molecule has 0 fully saturated rings. The van der Waals surface area contributed by atoms with E-state index in [2.05, 4.69) is 77.6 Å². The predicted molar refractivity (Wildman–Crippen MR) is 130 cm³/mol. The van der Waals surface area contributed by atoms with Crippen LogP contribution in [-0.4, -0.2) is 12.4 Å². The summed E-state index contributed by atoms with van der Waals surface area (Å²) in [5.41, 5.74) is 2.79. The van der Waals surface area contributed by atoms with E-state index in [9.17, 15) is 0 Å². The molecular weight excluding hydrogens is 364 g/mol. The number of unbranched alkanes of at least 4 members (excludes halogenated alkanes) is 7. The van der Waals surface area contributed by atoms with Gasteiger partial charge in [-0.15, -0.1) is 0 Å². The van der Waals surface area contributed by atoms with Gasteiger partial charge in [0.2, 0.25) is 6.17 Å². The predicted octanol–water partition coefficient (Wildman–Crippen LogP) is 7.80. The Kier molecular flexibility index (Phi) is 9.72. The second kappa shape index (κ2) is 13.1. The lowest BCUT2D eigenvalue weighted by molar-refractivity contribution is 0.382. The van der Waals surface area contributed by atoms with E-state index in [1.54, 1.807) is 0 Å². The van der Waals surface area contributed by atoms with Gasteiger partial charge in [0.1, 0.15) is 0 Å². The molecule has 30 heavy (non-hydrogen) atoms. The molecule has 1 aliphatic heterocycles. The zero-order valence-electron chi connectivity index (χ0n) is 18.5. The molecule has 2 atom stereocenters. The van der Waals surface area contributed by atoms with E-state index in [0.29, 0.717) is 11.8 Å². The minimum absolute atomic E-state index is 0.364. The first-order valence-corrected chi connectivity index (χ1v) is 11.9. The Balaban J connectivity index is 1.65. The van der Waals surface area contributed by atoms with E-state index in [0.717, 1.165) is 19.0 Å². The van der Waals surface area contributed by atoms with Crippen molar-refractivity contribution in [2.45, 2.75) is 77.0 Å². The van der Waals surface area contributed by atoms with Crippen molar-refractivity contribution in [3.05, 3.63) is 78.0 Å². The van der Waals surface area contributed by atoms with Crippen molar-refractivity contribution in [1.82, 2.24) is 0 Å². The van der Waals surface area contributed by atoms with E-state index in [4.69, 9.17) is 0 Å². The van der Waals surface area contributed by atoms with Gasteiger partial charge < -0.3 is 0 Å². The molecule has 2 aromatic carbocycles. The minimum atomic E-state index is 0.364. The number of aliphatic imine (C=N–C) groups is 2. The van der Waals surface area contributed by atoms with Crippen LogP contribution in [-0.2, 0) is 6.42 Å². The Morgan fingerprint density at radius 2 is 1.27 bits per heavy atom. The second-order valence-corrected chi connectivity index (χ2v) is 8.49. The highest BCUT2D eigenvalue weighted by atomic mass is 15.0. The van der Waals surface area contributed by atoms with Gasteiger partial charge in [0.15, 0.2) is 12.4 Å². The molecule has 1 aliphatic rings. The smallest absolute Gasteiger partial charge is 0.0965 e.